The van der Waals surface area contributed by atoms with Crippen molar-refractivity contribution in [3.05, 3.63) is 95.2 Å². The summed E-state index contributed by atoms with van der Waals surface area (Å²) in [7, 11) is 1.53. The van der Waals surface area contributed by atoms with E-state index in [1.807, 2.05) is 37.3 Å². The molecular weight excluding hydrogens is 406 g/mol. The summed E-state index contributed by atoms with van der Waals surface area (Å²) in [5.41, 5.74) is 3.24. The van der Waals surface area contributed by atoms with Crippen LogP contribution >= 0.6 is 0 Å². The summed E-state index contributed by atoms with van der Waals surface area (Å²) in [4.78, 5) is 26.3. The lowest BCUT2D eigenvalue weighted by Crippen LogP contribution is -2.26. The van der Waals surface area contributed by atoms with Crippen LogP contribution in [0.1, 0.15) is 33.3 Å². The Morgan fingerprint density at radius 3 is 2.38 bits per heavy atom. The minimum absolute atomic E-state index is 0.0769. The molecule has 32 heavy (non-hydrogen) atoms. The Labute approximate surface area is 185 Å². The molecule has 6 heteroatoms. The maximum atomic E-state index is 13.2. The van der Waals surface area contributed by atoms with Crippen LogP contribution in [0.25, 0.3) is 11.0 Å². The first-order valence-electron chi connectivity index (χ1n) is 10.2. The highest BCUT2D eigenvalue weighted by atomic mass is 16.6. The van der Waals surface area contributed by atoms with Crippen molar-refractivity contribution in [1.82, 2.24) is 0 Å². The van der Waals surface area contributed by atoms with Gasteiger partial charge in [0.25, 0.3) is 5.91 Å². The van der Waals surface area contributed by atoms with Gasteiger partial charge in [0.1, 0.15) is 11.3 Å². The zero-order valence-corrected chi connectivity index (χ0v) is 18.0. The van der Waals surface area contributed by atoms with Gasteiger partial charge in [-0.15, -0.1) is 0 Å². The quantitative estimate of drug-likeness (QED) is 0.404. The highest BCUT2D eigenvalue weighted by Gasteiger charge is 2.29. The van der Waals surface area contributed by atoms with Crippen molar-refractivity contribution >= 4 is 28.5 Å². The van der Waals surface area contributed by atoms with E-state index in [0.29, 0.717) is 28.1 Å². The number of amides is 1. The molecule has 4 rings (SSSR count). The van der Waals surface area contributed by atoms with Gasteiger partial charge in [0.05, 0.1) is 12.8 Å². The predicted octanol–water partition coefficient (Wildman–Crippen LogP) is 5.60. The highest BCUT2D eigenvalue weighted by molar-refractivity contribution is 6.00. The zero-order chi connectivity index (χ0) is 22.7. The molecule has 1 heterocycles. The molecule has 1 aromatic heterocycles. The number of furan rings is 1. The summed E-state index contributed by atoms with van der Waals surface area (Å²) < 4.78 is 16.8. The second-order valence-electron chi connectivity index (χ2n) is 7.44. The standard InChI is InChI=1S/C26H23NO5/c1-16-13-14-22(30-3)20(15-16)27-25(28)24(18-9-5-4-6-10-18)32-26(29)23-17(2)19-11-7-8-12-21(19)31-23/h4-15,24H,1-3H3,(H,27,28). The number of carbonyl (C=O) groups is 2. The number of carbonyl (C=O) groups excluding carboxylic acids is 2. The van der Waals surface area contributed by atoms with Gasteiger partial charge in [-0.25, -0.2) is 4.79 Å². The maximum absolute atomic E-state index is 13.2. The van der Waals surface area contributed by atoms with Crippen molar-refractivity contribution in [2.75, 3.05) is 12.4 Å². The van der Waals surface area contributed by atoms with Gasteiger partial charge < -0.3 is 19.2 Å². The van der Waals surface area contributed by atoms with Crippen LogP contribution in [0.4, 0.5) is 5.69 Å². The molecule has 162 valence electrons. The minimum Gasteiger partial charge on any atom is -0.495 e. The third kappa shape index (κ3) is 4.21. The van der Waals surface area contributed by atoms with Gasteiger partial charge >= 0.3 is 5.97 Å². The fraction of sp³-hybridized carbons (Fsp3) is 0.154. The SMILES string of the molecule is COc1ccc(C)cc1NC(=O)C(OC(=O)c1oc2ccccc2c1C)c1ccccc1. The summed E-state index contributed by atoms with van der Waals surface area (Å²) in [6, 6.07) is 21.7. The van der Waals surface area contributed by atoms with Crippen LogP contribution < -0.4 is 10.1 Å². The van der Waals surface area contributed by atoms with Gasteiger partial charge in [0, 0.05) is 16.5 Å². The zero-order valence-electron chi connectivity index (χ0n) is 18.0. The number of esters is 1. The first-order chi connectivity index (χ1) is 15.5. The molecule has 0 spiro atoms. The van der Waals surface area contributed by atoms with Crippen LogP contribution in [0, 0.1) is 13.8 Å². The van der Waals surface area contributed by atoms with Crippen LogP contribution in [0.15, 0.2) is 77.2 Å². The Morgan fingerprint density at radius 2 is 1.66 bits per heavy atom. The van der Waals surface area contributed by atoms with Crippen molar-refractivity contribution < 1.29 is 23.5 Å². The summed E-state index contributed by atoms with van der Waals surface area (Å²) in [5, 5.41) is 3.65. The Kier molecular flexibility index (Phi) is 5.94. The van der Waals surface area contributed by atoms with E-state index >= 15 is 0 Å². The van der Waals surface area contributed by atoms with Crippen LogP contribution in [0.3, 0.4) is 0 Å². The van der Waals surface area contributed by atoms with E-state index in [0.717, 1.165) is 10.9 Å². The second-order valence-corrected chi connectivity index (χ2v) is 7.44. The third-order valence-corrected chi connectivity index (χ3v) is 5.21. The number of anilines is 1. The molecule has 0 aliphatic heterocycles. The lowest BCUT2D eigenvalue weighted by Gasteiger charge is -2.19. The maximum Gasteiger partial charge on any atom is 0.375 e. The second kappa shape index (κ2) is 8.98. The fourth-order valence-corrected chi connectivity index (χ4v) is 3.55. The van der Waals surface area contributed by atoms with E-state index in [9.17, 15) is 9.59 Å². The number of rotatable bonds is 6. The molecule has 0 bridgehead atoms. The summed E-state index contributed by atoms with van der Waals surface area (Å²) in [5.74, 6) is -0.621. The molecular formula is C26H23NO5. The van der Waals surface area contributed by atoms with E-state index in [1.165, 1.54) is 7.11 Å². The predicted molar refractivity (Wildman–Crippen MR) is 122 cm³/mol. The molecule has 6 nitrogen and oxygen atoms in total. The molecule has 0 saturated heterocycles. The highest BCUT2D eigenvalue weighted by Crippen LogP contribution is 2.30. The molecule has 1 amide bonds. The molecule has 3 aromatic carbocycles. The number of fused-ring (bicyclic) bond motifs is 1. The van der Waals surface area contributed by atoms with E-state index in [1.54, 1.807) is 49.4 Å². The third-order valence-electron chi connectivity index (χ3n) is 5.21. The van der Waals surface area contributed by atoms with Crippen LogP contribution in [0.5, 0.6) is 5.75 Å². The van der Waals surface area contributed by atoms with Crippen molar-refractivity contribution in [2.45, 2.75) is 20.0 Å². The molecule has 0 aliphatic rings. The average Bonchev–Trinajstić information content (AvgIpc) is 3.15. The van der Waals surface area contributed by atoms with Crippen molar-refractivity contribution in [2.24, 2.45) is 0 Å². The Bertz CT molecular complexity index is 1280. The monoisotopic (exact) mass is 429 g/mol. The van der Waals surface area contributed by atoms with Gasteiger partial charge in [-0.3, -0.25) is 4.79 Å². The van der Waals surface area contributed by atoms with E-state index in [-0.39, 0.29) is 5.76 Å². The van der Waals surface area contributed by atoms with Crippen molar-refractivity contribution in [3.63, 3.8) is 0 Å². The number of para-hydroxylation sites is 1. The van der Waals surface area contributed by atoms with Crippen LogP contribution in [0.2, 0.25) is 0 Å². The van der Waals surface area contributed by atoms with E-state index in [4.69, 9.17) is 13.9 Å². The number of hydrogen-bond acceptors (Lipinski definition) is 5. The molecule has 0 saturated carbocycles. The molecule has 0 aliphatic carbocycles. The Morgan fingerprint density at radius 1 is 0.938 bits per heavy atom. The van der Waals surface area contributed by atoms with Crippen molar-refractivity contribution in [1.29, 1.82) is 0 Å². The number of methoxy groups -OCH3 is 1. The Balaban J connectivity index is 1.65. The van der Waals surface area contributed by atoms with Gasteiger partial charge in [0.2, 0.25) is 11.9 Å². The van der Waals surface area contributed by atoms with Gasteiger partial charge in [-0.2, -0.15) is 0 Å². The summed E-state index contributed by atoms with van der Waals surface area (Å²) in [6.07, 6.45) is -1.18. The first-order valence-corrected chi connectivity index (χ1v) is 10.2. The van der Waals surface area contributed by atoms with Gasteiger partial charge in [0.15, 0.2) is 0 Å². The average molecular weight is 429 g/mol. The normalized spacial score (nSPS) is 11.7. The molecule has 4 aromatic rings. The topological polar surface area (TPSA) is 77.8 Å². The molecule has 1 unspecified atom stereocenters. The summed E-state index contributed by atoms with van der Waals surface area (Å²) >= 11 is 0. The lowest BCUT2D eigenvalue weighted by atomic mass is 10.1. The number of hydrogen-bond donors (Lipinski definition) is 1. The molecule has 1 atom stereocenters. The number of aryl methyl sites for hydroxylation is 2. The van der Waals surface area contributed by atoms with E-state index in [2.05, 4.69) is 5.32 Å². The minimum atomic E-state index is -1.18. The number of benzene rings is 3. The van der Waals surface area contributed by atoms with Crippen molar-refractivity contribution in [3.8, 4) is 5.75 Å². The largest absolute Gasteiger partial charge is 0.495 e. The number of nitrogens with one attached hydrogen (secondary N) is 1. The van der Waals surface area contributed by atoms with E-state index < -0.39 is 18.0 Å². The summed E-state index contributed by atoms with van der Waals surface area (Å²) in [6.45, 7) is 3.70. The lowest BCUT2D eigenvalue weighted by molar-refractivity contribution is -0.125. The van der Waals surface area contributed by atoms with Crippen LogP contribution in [-0.2, 0) is 9.53 Å². The first kappa shape index (κ1) is 21.2. The fourth-order valence-electron chi connectivity index (χ4n) is 3.55. The molecule has 0 radical (unpaired) electrons. The Hall–Kier alpha value is -4.06. The van der Waals surface area contributed by atoms with Crippen LogP contribution in [-0.4, -0.2) is 19.0 Å². The number of ether oxygens (including phenoxy) is 2. The molecule has 1 N–H and O–H groups in total. The smallest absolute Gasteiger partial charge is 0.375 e. The van der Waals surface area contributed by atoms with Gasteiger partial charge in [-0.1, -0.05) is 54.6 Å². The van der Waals surface area contributed by atoms with Gasteiger partial charge in [-0.05, 0) is 37.6 Å². The molecule has 0 fully saturated rings.